The summed E-state index contributed by atoms with van der Waals surface area (Å²) in [7, 11) is 1.86. The van der Waals surface area contributed by atoms with E-state index in [-0.39, 0.29) is 5.91 Å². The van der Waals surface area contributed by atoms with Crippen molar-refractivity contribution in [3.05, 3.63) is 18.7 Å². The van der Waals surface area contributed by atoms with Crippen LogP contribution in [0.1, 0.15) is 25.7 Å². The molecule has 0 radical (unpaired) electrons. The van der Waals surface area contributed by atoms with Gasteiger partial charge in [0.1, 0.15) is 6.54 Å². The summed E-state index contributed by atoms with van der Waals surface area (Å²) in [6, 6.07) is 0. The highest BCUT2D eigenvalue weighted by molar-refractivity contribution is 5.75. The van der Waals surface area contributed by atoms with Crippen molar-refractivity contribution < 1.29 is 9.53 Å². The molecule has 0 bridgehead atoms. The number of aromatic nitrogens is 2. The number of carbonyl (C=O) groups is 1. The Bertz CT molecular complexity index is 358. The van der Waals surface area contributed by atoms with Gasteiger partial charge in [-0.3, -0.25) is 4.79 Å². The molecule has 2 rings (SSSR count). The van der Waals surface area contributed by atoms with Gasteiger partial charge in [-0.15, -0.1) is 0 Å². The minimum Gasteiger partial charge on any atom is -0.378 e. The first kappa shape index (κ1) is 13.1. The zero-order chi connectivity index (χ0) is 12.8. The van der Waals surface area contributed by atoms with Crippen LogP contribution in [0.25, 0.3) is 0 Å². The molecule has 5 heteroatoms. The highest BCUT2D eigenvalue weighted by Crippen LogP contribution is 2.16. The molecule has 1 atom stereocenters. The first-order chi connectivity index (χ1) is 8.75. The quantitative estimate of drug-likeness (QED) is 0.765. The lowest BCUT2D eigenvalue weighted by Gasteiger charge is -2.18. The first-order valence-corrected chi connectivity index (χ1v) is 6.57. The molecule has 2 heterocycles. The highest BCUT2D eigenvalue weighted by atomic mass is 16.5. The van der Waals surface area contributed by atoms with Gasteiger partial charge in [0.25, 0.3) is 0 Å². The predicted molar refractivity (Wildman–Crippen MR) is 68.1 cm³/mol. The second kappa shape index (κ2) is 6.54. The minimum absolute atomic E-state index is 0.125. The van der Waals surface area contributed by atoms with Crippen LogP contribution in [0.2, 0.25) is 0 Å². The van der Waals surface area contributed by atoms with Gasteiger partial charge in [-0.25, -0.2) is 4.98 Å². The van der Waals surface area contributed by atoms with Crippen LogP contribution in [0, 0.1) is 0 Å². The molecule has 1 fully saturated rings. The van der Waals surface area contributed by atoms with Crippen molar-refractivity contribution in [1.82, 2.24) is 14.5 Å². The van der Waals surface area contributed by atoms with E-state index in [9.17, 15) is 4.79 Å². The topological polar surface area (TPSA) is 47.4 Å². The van der Waals surface area contributed by atoms with E-state index in [1.165, 1.54) is 12.8 Å². The zero-order valence-corrected chi connectivity index (χ0v) is 10.9. The van der Waals surface area contributed by atoms with E-state index in [1.807, 2.05) is 7.05 Å². The molecule has 5 nitrogen and oxygen atoms in total. The van der Waals surface area contributed by atoms with E-state index in [0.717, 1.165) is 26.0 Å². The lowest BCUT2D eigenvalue weighted by Crippen LogP contribution is -2.31. The number of ether oxygens (including phenoxy) is 1. The van der Waals surface area contributed by atoms with E-state index < -0.39 is 0 Å². The molecule has 100 valence electrons. The number of nitrogens with zero attached hydrogens (tertiary/aromatic N) is 3. The molecule has 1 aromatic rings. The summed E-state index contributed by atoms with van der Waals surface area (Å²) in [5, 5.41) is 0. The molecule has 0 unspecified atom stereocenters. The van der Waals surface area contributed by atoms with Crippen molar-refractivity contribution in [3.63, 3.8) is 0 Å². The van der Waals surface area contributed by atoms with Gasteiger partial charge in [0, 0.05) is 32.6 Å². The summed E-state index contributed by atoms with van der Waals surface area (Å²) in [6.07, 6.45) is 10.00. The largest absolute Gasteiger partial charge is 0.378 e. The highest BCUT2D eigenvalue weighted by Gasteiger charge is 2.16. The molecule has 1 saturated heterocycles. The number of likely N-dealkylation sites (N-methyl/N-ethyl adjacent to an activating group) is 1. The summed E-state index contributed by atoms with van der Waals surface area (Å²) in [4.78, 5) is 17.6. The average molecular weight is 251 g/mol. The standard InChI is InChI=1S/C13H21N3O2/c1-15(7-2-4-12-5-3-9-18-12)13(17)10-16-8-6-14-11-16/h6,8,11-12H,2-5,7,9-10H2,1H3/t12-/m0/s1. The molecule has 0 spiro atoms. The maximum Gasteiger partial charge on any atom is 0.242 e. The lowest BCUT2D eigenvalue weighted by atomic mass is 10.1. The number of hydrogen-bond acceptors (Lipinski definition) is 3. The molecule has 1 aliphatic heterocycles. The third kappa shape index (κ3) is 3.84. The van der Waals surface area contributed by atoms with Crippen LogP contribution < -0.4 is 0 Å². The Hall–Kier alpha value is -1.36. The summed E-state index contributed by atoms with van der Waals surface area (Å²) in [6.45, 7) is 2.07. The van der Waals surface area contributed by atoms with Gasteiger partial charge in [0.15, 0.2) is 0 Å². The zero-order valence-electron chi connectivity index (χ0n) is 10.9. The Labute approximate surface area is 108 Å². The van der Waals surface area contributed by atoms with Crippen LogP contribution >= 0.6 is 0 Å². The van der Waals surface area contributed by atoms with Crippen molar-refractivity contribution in [2.45, 2.75) is 38.3 Å². The predicted octanol–water partition coefficient (Wildman–Crippen LogP) is 1.30. The van der Waals surface area contributed by atoms with Gasteiger partial charge in [-0.2, -0.15) is 0 Å². The molecule has 1 amide bonds. The number of rotatable bonds is 6. The summed E-state index contributed by atoms with van der Waals surface area (Å²) in [5.74, 6) is 0.125. The van der Waals surface area contributed by atoms with Gasteiger partial charge in [-0.1, -0.05) is 0 Å². The maximum absolute atomic E-state index is 11.9. The second-order valence-corrected chi connectivity index (χ2v) is 4.83. The molecule has 0 aromatic carbocycles. The van der Waals surface area contributed by atoms with Gasteiger partial charge in [-0.05, 0) is 25.7 Å². The number of imidazole rings is 1. The van der Waals surface area contributed by atoms with Crippen LogP contribution in [0.4, 0.5) is 0 Å². The van der Waals surface area contributed by atoms with E-state index in [2.05, 4.69) is 4.98 Å². The molecular formula is C13H21N3O2. The Kier molecular flexibility index (Phi) is 4.75. The van der Waals surface area contributed by atoms with Crippen LogP contribution in [0.3, 0.4) is 0 Å². The Morgan fingerprint density at radius 2 is 2.50 bits per heavy atom. The Morgan fingerprint density at radius 1 is 1.61 bits per heavy atom. The molecule has 0 saturated carbocycles. The third-order valence-corrected chi connectivity index (χ3v) is 3.35. The summed E-state index contributed by atoms with van der Waals surface area (Å²) in [5.41, 5.74) is 0. The van der Waals surface area contributed by atoms with Crippen molar-refractivity contribution in [2.24, 2.45) is 0 Å². The second-order valence-electron chi connectivity index (χ2n) is 4.83. The Morgan fingerprint density at radius 3 is 3.17 bits per heavy atom. The summed E-state index contributed by atoms with van der Waals surface area (Å²) < 4.78 is 7.36. The van der Waals surface area contributed by atoms with Crippen molar-refractivity contribution in [2.75, 3.05) is 20.2 Å². The SMILES string of the molecule is CN(CCC[C@H]1CCCO1)C(=O)Cn1ccnc1. The molecule has 1 aromatic heterocycles. The molecule has 1 aliphatic rings. The van der Waals surface area contributed by atoms with Crippen LogP contribution in [-0.4, -0.2) is 46.7 Å². The fraction of sp³-hybridized carbons (Fsp3) is 0.692. The lowest BCUT2D eigenvalue weighted by molar-refractivity contribution is -0.130. The number of carbonyl (C=O) groups excluding carboxylic acids is 1. The van der Waals surface area contributed by atoms with Crippen molar-refractivity contribution in [1.29, 1.82) is 0 Å². The third-order valence-electron chi connectivity index (χ3n) is 3.35. The smallest absolute Gasteiger partial charge is 0.242 e. The van der Waals surface area contributed by atoms with Gasteiger partial charge < -0.3 is 14.2 Å². The van der Waals surface area contributed by atoms with Gasteiger partial charge in [0.2, 0.25) is 5.91 Å². The van der Waals surface area contributed by atoms with Crippen LogP contribution in [0.15, 0.2) is 18.7 Å². The van der Waals surface area contributed by atoms with Crippen LogP contribution in [-0.2, 0) is 16.1 Å². The van der Waals surface area contributed by atoms with E-state index >= 15 is 0 Å². The molecule has 18 heavy (non-hydrogen) atoms. The number of amides is 1. The fourth-order valence-electron chi connectivity index (χ4n) is 2.21. The first-order valence-electron chi connectivity index (χ1n) is 6.57. The normalized spacial score (nSPS) is 19.1. The van der Waals surface area contributed by atoms with E-state index in [4.69, 9.17) is 4.74 Å². The minimum atomic E-state index is 0.125. The van der Waals surface area contributed by atoms with Gasteiger partial charge in [0.05, 0.1) is 12.4 Å². The van der Waals surface area contributed by atoms with E-state index in [0.29, 0.717) is 12.6 Å². The number of hydrogen-bond donors (Lipinski definition) is 0. The van der Waals surface area contributed by atoms with Gasteiger partial charge >= 0.3 is 0 Å². The fourth-order valence-corrected chi connectivity index (χ4v) is 2.21. The molecule has 0 N–H and O–H groups in total. The monoisotopic (exact) mass is 251 g/mol. The Balaban J connectivity index is 1.64. The van der Waals surface area contributed by atoms with Crippen LogP contribution in [0.5, 0.6) is 0 Å². The van der Waals surface area contributed by atoms with Crippen molar-refractivity contribution >= 4 is 5.91 Å². The molecule has 0 aliphatic carbocycles. The van der Waals surface area contributed by atoms with E-state index in [1.54, 1.807) is 28.2 Å². The van der Waals surface area contributed by atoms with Crippen molar-refractivity contribution in [3.8, 4) is 0 Å². The maximum atomic E-state index is 11.9. The molecular weight excluding hydrogens is 230 g/mol. The summed E-state index contributed by atoms with van der Waals surface area (Å²) >= 11 is 0. The average Bonchev–Trinajstić information content (AvgIpc) is 3.01.